The van der Waals surface area contributed by atoms with E-state index >= 15 is 0 Å². The zero-order chi connectivity index (χ0) is 14.7. The third-order valence-corrected chi connectivity index (χ3v) is 3.62. The van der Waals surface area contributed by atoms with Crippen molar-refractivity contribution in [3.8, 4) is 5.75 Å². The van der Waals surface area contributed by atoms with Crippen molar-refractivity contribution < 1.29 is 9.53 Å². The van der Waals surface area contributed by atoms with Crippen LogP contribution in [0, 0.1) is 6.92 Å². The molecular weight excluding hydrogens is 256 g/mol. The quantitative estimate of drug-likeness (QED) is 0.911. The smallest absolute Gasteiger partial charge is 0.323 e. The number of aryl methyl sites for hydroxylation is 1. The number of carbonyl (C=O) groups is 1. The van der Waals surface area contributed by atoms with Crippen molar-refractivity contribution in [2.75, 3.05) is 39.6 Å². The van der Waals surface area contributed by atoms with Gasteiger partial charge in [-0.3, -0.25) is 5.32 Å². The summed E-state index contributed by atoms with van der Waals surface area (Å²) >= 11 is 0. The van der Waals surface area contributed by atoms with Gasteiger partial charge in [-0.15, -0.1) is 0 Å². The zero-order valence-corrected chi connectivity index (χ0v) is 12.5. The molecule has 1 aliphatic heterocycles. The van der Waals surface area contributed by atoms with E-state index in [0.717, 1.165) is 25.2 Å². The maximum Gasteiger partial charge on any atom is 0.323 e. The first-order valence-electron chi connectivity index (χ1n) is 6.75. The molecule has 1 atom stereocenters. The van der Waals surface area contributed by atoms with Gasteiger partial charge in [-0.1, -0.05) is 0 Å². The highest BCUT2D eigenvalue weighted by Gasteiger charge is 2.28. The molecule has 2 rings (SSSR count). The molecule has 6 nitrogen and oxygen atoms in total. The largest absolute Gasteiger partial charge is 0.493 e. The zero-order valence-electron chi connectivity index (χ0n) is 12.5. The van der Waals surface area contributed by atoms with E-state index in [-0.39, 0.29) is 6.03 Å². The molecule has 6 heteroatoms. The van der Waals surface area contributed by atoms with Gasteiger partial charge in [0.05, 0.1) is 7.11 Å². The first-order valence-corrected chi connectivity index (χ1v) is 6.75. The first kappa shape index (κ1) is 14.6. The van der Waals surface area contributed by atoms with Crippen molar-refractivity contribution in [1.29, 1.82) is 0 Å². The first-order chi connectivity index (χ1) is 9.51. The predicted molar refractivity (Wildman–Crippen MR) is 78.2 cm³/mol. The number of nitrogens with zero attached hydrogens (tertiary/aromatic N) is 3. The van der Waals surface area contributed by atoms with Gasteiger partial charge in [-0.25, -0.2) is 9.78 Å². The maximum atomic E-state index is 12.3. The second-order valence-electron chi connectivity index (χ2n) is 5.29. The van der Waals surface area contributed by atoms with Gasteiger partial charge in [0.15, 0.2) is 11.6 Å². The Morgan fingerprint density at radius 2 is 2.25 bits per heavy atom. The summed E-state index contributed by atoms with van der Waals surface area (Å²) < 4.78 is 5.22. The Hall–Kier alpha value is -1.82. The SMILES string of the molecule is COc1ccc(C)nc1NC(=O)N1CCC(N(C)C)C1. The highest BCUT2D eigenvalue weighted by atomic mass is 16.5. The topological polar surface area (TPSA) is 57.7 Å². The van der Waals surface area contributed by atoms with Crippen LogP contribution in [0.3, 0.4) is 0 Å². The molecule has 0 bridgehead atoms. The number of pyridine rings is 1. The molecule has 0 aromatic carbocycles. The summed E-state index contributed by atoms with van der Waals surface area (Å²) in [5.74, 6) is 1.05. The number of aromatic nitrogens is 1. The van der Waals surface area contributed by atoms with Crippen LogP contribution in [0.25, 0.3) is 0 Å². The van der Waals surface area contributed by atoms with E-state index in [4.69, 9.17) is 4.74 Å². The molecule has 110 valence electrons. The molecule has 0 radical (unpaired) electrons. The van der Waals surface area contributed by atoms with Gasteiger partial charge >= 0.3 is 6.03 Å². The number of urea groups is 1. The Morgan fingerprint density at radius 3 is 2.85 bits per heavy atom. The van der Waals surface area contributed by atoms with Crippen molar-refractivity contribution in [2.24, 2.45) is 0 Å². The van der Waals surface area contributed by atoms with Crippen LogP contribution in [0.1, 0.15) is 12.1 Å². The molecule has 2 heterocycles. The lowest BCUT2D eigenvalue weighted by Crippen LogP contribution is -2.37. The van der Waals surface area contributed by atoms with Crippen LogP contribution >= 0.6 is 0 Å². The van der Waals surface area contributed by atoms with Crippen LogP contribution in [0.4, 0.5) is 10.6 Å². The fraction of sp³-hybridized carbons (Fsp3) is 0.571. The lowest BCUT2D eigenvalue weighted by molar-refractivity contribution is 0.216. The maximum absolute atomic E-state index is 12.3. The van der Waals surface area contributed by atoms with Crippen molar-refractivity contribution in [3.63, 3.8) is 0 Å². The number of ether oxygens (including phenoxy) is 1. The standard InChI is InChI=1S/C14H22N4O2/c1-10-5-6-12(20-4)13(15-10)16-14(19)18-8-7-11(9-18)17(2)3/h5-6,11H,7-9H2,1-4H3,(H,15,16,19). The molecule has 0 spiro atoms. The minimum atomic E-state index is -0.120. The Bertz CT molecular complexity index is 490. The molecule has 1 N–H and O–H groups in total. The summed E-state index contributed by atoms with van der Waals surface area (Å²) in [6.07, 6.45) is 0.999. The van der Waals surface area contributed by atoms with Crippen molar-refractivity contribution in [2.45, 2.75) is 19.4 Å². The summed E-state index contributed by atoms with van der Waals surface area (Å²) in [6, 6.07) is 3.97. The molecule has 1 aromatic heterocycles. The summed E-state index contributed by atoms with van der Waals surface area (Å²) in [7, 11) is 5.65. The van der Waals surface area contributed by atoms with Gasteiger partial charge < -0.3 is 14.5 Å². The molecule has 1 aromatic rings. The summed E-state index contributed by atoms with van der Waals surface area (Å²) in [6.45, 7) is 3.39. The number of rotatable bonds is 3. The van der Waals surface area contributed by atoms with Gasteiger partial charge in [0.25, 0.3) is 0 Å². The second-order valence-corrected chi connectivity index (χ2v) is 5.29. The van der Waals surface area contributed by atoms with Gasteiger partial charge in [-0.2, -0.15) is 0 Å². The lowest BCUT2D eigenvalue weighted by atomic mass is 10.2. The van der Waals surface area contributed by atoms with E-state index in [0.29, 0.717) is 17.6 Å². The number of likely N-dealkylation sites (N-methyl/N-ethyl adjacent to an activating group) is 1. The molecule has 1 fully saturated rings. The van der Waals surface area contributed by atoms with E-state index in [1.807, 2.05) is 38.1 Å². The minimum absolute atomic E-state index is 0.120. The van der Waals surface area contributed by atoms with Crippen LogP contribution in [0.15, 0.2) is 12.1 Å². The number of carbonyl (C=O) groups excluding carboxylic acids is 1. The number of hydrogen-bond acceptors (Lipinski definition) is 4. The van der Waals surface area contributed by atoms with Crippen molar-refractivity contribution in [3.05, 3.63) is 17.8 Å². The second kappa shape index (κ2) is 6.09. The van der Waals surface area contributed by atoms with Crippen molar-refractivity contribution in [1.82, 2.24) is 14.8 Å². The molecule has 1 unspecified atom stereocenters. The van der Waals surface area contributed by atoms with E-state index in [1.165, 1.54) is 0 Å². The highest BCUT2D eigenvalue weighted by Crippen LogP contribution is 2.23. The number of amides is 2. The fourth-order valence-corrected chi connectivity index (χ4v) is 2.33. The highest BCUT2D eigenvalue weighted by molar-refractivity contribution is 5.90. The monoisotopic (exact) mass is 278 g/mol. The lowest BCUT2D eigenvalue weighted by Gasteiger charge is -2.21. The average Bonchev–Trinajstić information content (AvgIpc) is 2.89. The fourth-order valence-electron chi connectivity index (χ4n) is 2.33. The van der Waals surface area contributed by atoms with Crippen LogP contribution < -0.4 is 10.1 Å². The van der Waals surface area contributed by atoms with E-state index in [1.54, 1.807) is 7.11 Å². The molecule has 1 aliphatic rings. The van der Waals surface area contributed by atoms with Gasteiger partial charge in [-0.05, 0) is 39.6 Å². The molecule has 20 heavy (non-hydrogen) atoms. The summed E-state index contributed by atoms with van der Waals surface area (Å²) in [5.41, 5.74) is 0.841. The Kier molecular flexibility index (Phi) is 4.44. The predicted octanol–water partition coefficient (Wildman–Crippen LogP) is 1.57. The van der Waals surface area contributed by atoms with Crippen LogP contribution in [0.2, 0.25) is 0 Å². The molecule has 2 amide bonds. The number of likely N-dealkylation sites (tertiary alicyclic amines) is 1. The molecule has 0 aliphatic carbocycles. The molecule has 0 saturated carbocycles. The number of methoxy groups -OCH3 is 1. The normalized spacial score (nSPS) is 18.4. The minimum Gasteiger partial charge on any atom is -0.493 e. The molecular formula is C14H22N4O2. The van der Waals surface area contributed by atoms with Gasteiger partial charge in [0, 0.05) is 24.8 Å². The Balaban J connectivity index is 2.03. The number of nitrogens with one attached hydrogen (secondary N) is 1. The van der Waals surface area contributed by atoms with E-state index in [9.17, 15) is 4.79 Å². The average molecular weight is 278 g/mol. The van der Waals surface area contributed by atoms with Gasteiger partial charge in [0.2, 0.25) is 0 Å². The third kappa shape index (κ3) is 3.19. The molecule has 1 saturated heterocycles. The number of hydrogen-bond donors (Lipinski definition) is 1. The van der Waals surface area contributed by atoms with E-state index in [2.05, 4.69) is 15.2 Å². The Labute approximate surface area is 119 Å². The Morgan fingerprint density at radius 1 is 1.50 bits per heavy atom. The van der Waals surface area contributed by atoms with E-state index < -0.39 is 0 Å². The number of anilines is 1. The van der Waals surface area contributed by atoms with Crippen molar-refractivity contribution >= 4 is 11.8 Å². The summed E-state index contributed by atoms with van der Waals surface area (Å²) in [5, 5.41) is 2.84. The van der Waals surface area contributed by atoms with Crippen LogP contribution in [-0.2, 0) is 0 Å². The van der Waals surface area contributed by atoms with Gasteiger partial charge in [0.1, 0.15) is 0 Å². The van der Waals surface area contributed by atoms with Crippen LogP contribution in [-0.4, -0.2) is 61.2 Å². The summed E-state index contributed by atoms with van der Waals surface area (Å²) in [4.78, 5) is 20.5. The van der Waals surface area contributed by atoms with Crippen LogP contribution in [0.5, 0.6) is 5.75 Å². The third-order valence-electron chi connectivity index (χ3n) is 3.62.